The predicted molar refractivity (Wildman–Crippen MR) is 73.9 cm³/mol. The second-order valence-corrected chi connectivity index (χ2v) is 4.70. The normalized spacial score (nSPS) is 11.3. The highest BCUT2D eigenvalue weighted by atomic mass is 35.5. The molecular weight excluding hydrogens is 323 g/mol. The Morgan fingerprint density at radius 2 is 2.14 bits per heavy atom. The van der Waals surface area contributed by atoms with Crippen LogP contribution >= 0.6 is 11.6 Å². The van der Waals surface area contributed by atoms with E-state index >= 15 is 0 Å². The van der Waals surface area contributed by atoms with Crippen LogP contribution < -0.4 is 10.1 Å². The van der Waals surface area contributed by atoms with E-state index in [9.17, 15) is 18.0 Å². The van der Waals surface area contributed by atoms with Crippen LogP contribution in [-0.4, -0.2) is 22.8 Å². The average molecular weight is 334 g/mol. The van der Waals surface area contributed by atoms with E-state index in [0.29, 0.717) is 16.5 Å². The maximum Gasteiger partial charge on any atom is 0.435 e. The Morgan fingerprint density at radius 3 is 2.68 bits per heavy atom. The summed E-state index contributed by atoms with van der Waals surface area (Å²) >= 11 is 5.91. The van der Waals surface area contributed by atoms with Gasteiger partial charge in [0, 0.05) is 11.9 Å². The van der Waals surface area contributed by atoms with Crippen LogP contribution in [0.5, 0.6) is 5.75 Å². The highest BCUT2D eigenvalue weighted by Gasteiger charge is 2.33. The summed E-state index contributed by atoms with van der Waals surface area (Å²) in [6.45, 7) is -0.347. The molecule has 0 aliphatic carbocycles. The summed E-state index contributed by atoms with van der Waals surface area (Å²) in [7, 11) is 1.45. The van der Waals surface area contributed by atoms with E-state index in [2.05, 4.69) is 10.4 Å². The van der Waals surface area contributed by atoms with E-state index in [1.54, 1.807) is 12.1 Å². The molecular formula is C13H11ClF3N3O2. The van der Waals surface area contributed by atoms with Gasteiger partial charge in [-0.2, -0.15) is 18.3 Å². The molecule has 0 saturated heterocycles. The first kappa shape index (κ1) is 16.2. The summed E-state index contributed by atoms with van der Waals surface area (Å²) < 4.78 is 43.1. The topological polar surface area (TPSA) is 56.1 Å². The molecule has 0 fully saturated rings. The third kappa shape index (κ3) is 3.91. The van der Waals surface area contributed by atoms with Crippen molar-refractivity contribution in [1.82, 2.24) is 9.78 Å². The Labute approximate surface area is 128 Å². The minimum absolute atomic E-state index is 0.304. The first-order valence-electron chi connectivity index (χ1n) is 6.03. The van der Waals surface area contributed by atoms with Gasteiger partial charge in [0.25, 0.3) is 0 Å². The van der Waals surface area contributed by atoms with Gasteiger partial charge in [-0.3, -0.25) is 9.48 Å². The van der Waals surface area contributed by atoms with E-state index in [4.69, 9.17) is 16.3 Å². The van der Waals surface area contributed by atoms with Gasteiger partial charge in [-0.05, 0) is 24.3 Å². The van der Waals surface area contributed by atoms with Crippen LogP contribution in [0.15, 0.2) is 30.5 Å². The Hall–Kier alpha value is -2.22. The number of alkyl halides is 3. The highest BCUT2D eigenvalue weighted by molar-refractivity contribution is 6.32. The van der Waals surface area contributed by atoms with Gasteiger partial charge in [-0.1, -0.05) is 11.6 Å². The number of nitrogens with one attached hydrogen (secondary N) is 1. The molecule has 9 heteroatoms. The molecule has 1 N–H and O–H groups in total. The van der Waals surface area contributed by atoms with E-state index in [1.807, 2.05) is 0 Å². The number of rotatable bonds is 4. The molecule has 118 valence electrons. The first-order valence-corrected chi connectivity index (χ1v) is 6.41. The van der Waals surface area contributed by atoms with Crippen LogP contribution in [-0.2, 0) is 17.5 Å². The predicted octanol–water partition coefficient (Wildman–Crippen LogP) is 3.20. The second kappa shape index (κ2) is 6.27. The minimum Gasteiger partial charge on any atom is -0.495 e. The molecule has 5 nitrogen and oxygen atoms in total. The fraction of sp³-hybridized carbons (Fsp3) is 0.231. The summed E-state index contributed by atoms with van der Waals surface area (Å²) in [6.07, 6.45) is -3.45. The molecule has 1 aromatic carbocycles. The third-order valence-electron chi connectivity index (χ3n) is 2.67. The van der Waals surface area contributed by atoms with Crippen LogP contribution in [0.25, 0.3) is 0 Å². The van der Waals surface area contributed by atoms with E-state index in [1.165, 1.54) is 13.2 Å². The van der Waals surface area contributed by atoms with Crippen LogP contribution in [0.1, 0.15) is 5.69 Å². The molecule has 1 aromatic heterocycles. The Kier molecular flexibility index (Phi) is 4.60. The molecule has 0 aliphatic rings. The van der Waals surface area contributed by atoms with E-state index < -0.39 is 17.8 Å². The fourth-order valence-electron chi connectivity index (χ4n) is 1.69. The number of methoxy groups -OCH3 is 1. The molecule has 2 aromatic rings. The number of anilines is 1. The molecule has 22 heavy (non-hydrogen) atoms. The highest BCUT2D eigenvalue weighted by Crippen LogP contribution is 2.28. The number of benzene rings is 1. The van der Waals surface area contributed by atoms with Crippen molar-refractivity contribution in [3.63, 3.8) is 0 Å². The number of nitrogens with zero attached hydrogens (tertiary/aromatic N) is 2. The van der Waals surface area contributed by atoms with Gasteiger partial charge in [-0.15, -0.1) is 0 Å². The second-order valence-electron chi connectivity index (χ2n) is 4.29. The monoisotopic (exact) mass is 333 g/mol. The number of hydrogen-bond acceptors (Lipinski definition) is 3. The van der Waals surface area contributed by atoms with Crippen molar-refractivity contribution < 1.29 is 22.7 Å². The lowest BCUT2D eigenvalue weighted by Gasteiger charge is -2.08. The molecule has 0 bridgehead atoms. The molecule has 0 unspecified atom stereocenters. The third-order valence-corrected chi connectivity index (χ3v) is 2.97. The number of ether oxygens (including phenoxy) is 1. The minimum atomic E-state index is -4.54. The standard InChI is InChI=1S/C13H11ClF3N3O2/c1-22-10-3-2-8(6-9(10)14)18-12(21)7-20-5-4-11(19-20)13(15,16)17/h2-6H,7H2,1H3,(H,18,21). The summed E-state index contributed by atoms with van der Waals surface area (Å²) in [5.41, 5.74) is -0.646. The lowest BCUT2D eigenvalue weighted by Crippen LogP contribution is -2.19. The van der Waals surface area contributed by atoms with E-state index in [-0.39, 0.29) is 6.54 Å². The van der Waals surface area contributed by atoms with Crippen LogP contribution in [0.4, 0.5) is 18.9 Å². The number of halogens is 4. The zero-order valence-corrected chi connectivity index (χ0v) is 12.1. The SMILES string of the molecule is COc1ccc(NC(=O)Cn2ccc(C(F)(F)F)n2)cc1Cl. The zero-order valence-electron chi connectivity index (χ0n) is 11.3. The van der Waals surface area contributed by atoms with Crippen molar-refractivity contribution in [3.05, 3.63) is 41.2 Å². The summed E-state index contributed by atoms with van der Waals surface area (Å²) in [5, 5.41) is 6.11. The van der Waals surface area contributed by atoms with Crippen LogP contribution in [0, 0.1) is 0 Å². The van der Waals surface area contributed by atoms with Crippen molar-refractivity contribution in [3.8, 4) is 5.75 Å². The van der Waals surface area contributed by atoms with Gasteiger partial charge in [0.05, 0.1) is 12.1 Å². The number of carbonyl (C=O) groups excluding carboxylic acids is 1. The number of amides is 1. The van der Waals surface area contributed by atoms with Gasteiger partial charge in [0.1, 0.15) is 12.3 Å². The van der Waals surface area contributed by atoms with Crippen LogP contribution in [0.3, 0.4) is 0 Å². The molecule has 1 amide bonds. The molecule has 0 saturated carbocycles. The van der Waals surface area contributed by atoms with Gasteiger partial charge >= 0.3 is 6.18 Å². The molecule has 0 radical (unpaired) electrons. The van der Waals surface area contributed by atoms with Crippen molar-refractivity contribution in [1.29, 1.82) is 0 Å². The average Bonchev–Trinajstić information content (AvgIpc) is 2.87. The summed E-state index contributed by atoms with van der Waals surface area (Å²) in [4.78, 5) is 11.8. The van der Waals surface area contributed by atoms with Gasteiger partial charge in [0.15, 0.2) is 5.69 Å². The smallest absolute Gasteiger partial charge is 0.435 e. The van der Waals surface area contributed by atoms with Gasteiger partial charge in [-0.25, -0.2) is 0 Å². The Bertz CT molecular complexity index is 685. The number of carbonyl (C=O) groups is 1. The maximum absolute atomic E-state index is 12.4. The van der Waals surface area contributed by atoms with Crippen molar-refractivity contribution in [2.45, 2.75) is 12.7 Å². The number of aromatic nitrogens is 2. The molecule has 0 spiro atoms. The molecule has 1 heterocycles. The van der Waals surface area contributed by atoms with Crippen molar-refractivity contribution >= 4 is 23.2 Å². The number of hydrogen-bond donors (Lipinski definition) is 1. The van der Waals surface area contributed by atoms with Crippen molar-refractivity contribution in [2.24, 2.45) is 0 Å². The molecule has 2 rings (SSSR count). The maximum atomic E-state index is 12.4. The quantitative estimate of drug-likeness (QED) is 0.934. The first-order chi connectivity index (χ1) is 10.3. The zero-order chi connectivity index (χ0) is 16.3. The van der Waals surface area contributed by atoms with Gasteiger partial charge < -0.3 is 10.1 Å². The summed E-state index contributed by atoms with van der Waals surface area (Å²) in [5.74, 6) is -0.0837. The molecule has 0 aliphatic heterocycles. The molecule has 0 atom stereocenters. The van der Waals surface area contributed by atoms with Gasteiger partial charge in [0.2, 0.25) is 5.91 Å². The van der Waals surface area contributed by atoms with Crippen LogP contribution in [0.2, 0.25) is 5.02 Å². The summed E-state index contributed by atoms with van der Waals surface area (Å²) in [6, 6.07) is 5.40. The van der Waals surface area contributed by atoms with E-state index in [0.717, 1.165) is 16.9 Å². The van der Waals surface area contributed by atoms with Crippen molar-refractivity contribution in [2.75, 3.05) is 12.4 Å². The Morgan fingerprint density at radius 1 is 1.41 bits per heavy atom. The Balaban J connectivity index is 2.01. The lowest BCUT2D eigenvalue weighted by atomic mass is 10.3. The lowest BCUT2D eigenvalue weighted by molar-refractivity contribution is -0.141. The largest absolute Gasteiger partial charge is 0.495 e. The fourth-order valence-corrected chi connectivity index (χ4v) is 1.95.